The van der Waals surface area contributed by atoms with Crippen LogP contribution in [0.4, 0.5) is 0 Å². The van der Waals surface area contributed by atoms with Gasteiger partial charge in [0, 0.05) is 12.5 Å². The van der Waals surface area contributed by atoms with Gasteiger partial charge >= 0.3 is 0 Å². The third-order valence-corrected chi connectivity index (χ3v) is 4.64. The van der Waals surface area contributed by atoms with E-state index < -0.39 is 0 Å². The molecule has 2 rings (SSSR count). The SMILES string of the molecule is CCCNCc1nnc(C2CCC(C)CC2)s1. The molecule has 1 aliphatic rings. The second-order valence-corrected chi connectivity index (χ2v) is 6.26. The molecule has 1 saturated carbocycles. The van der Waals surface area contributed by atoms with Crippen LogP contribution >= 0.6 is 11.3 Å². The van der Waals surface area contributed by atoms with Gasteiger partial charge in [-0.25, -0.2) is 0 Å². The van der Waals surface area contributed by atoms with Crippen LogP contribution in [0.1, 0.15) is 61.9 Å². The summed E-state index contributed by atoms with van der Waals surface area (Å²) in [6, 6.07) is 0. The molecule has 0 radical (unpaired) electrons. The van der Waals surface area contributed by atoms with Gasteiger partial charge in [0.15, 0.2) is 0 Å². The number of hydrogen-bond donors (Lipinski definition) is 1. The van der Waals surface area contributed by atoms with Crippen molar-refractivity contribution in [3.63, 3.8) is 0 Å². The van der Waals surface area contributed by atoms with Crippen molar-refractivity contribution in [2.24, 2.45) is 5.92 Å². The lowest BCUT2D eigenvalue weighted by molar-refractivity contribution is 0.346. The molecule has 1 fully saturated rings. The quantitative estimate of drug-likeness (QED) is 0.818. The smallest absolute Gasteiger partial charge is 0.131 e. The van der Waals surface area contributed by atoms with Gasteiger partial charge in [0.1, 0.15) is 10.0 Å². The van der Waals surface area contributed by atoms with Crippen LogP contribution in [-0.2, 0) is 6.54 Å². The van der Waals surface area contributed by atoms with E-state index in [1.807, 2.05) is 0 Å². The molecule has 17 heavy (non-hydrogen) atoms. The van der Waals surface area contributed by atoms with Crippen LogP contribution < -0.4 is 5.32 Å². The summed E-state index contributed by atoms with van der Waals surface area (Å²) in [7, 11) is 0. The Labute approximate surface area is 108 Å². The predicted molar refractivity (Wildman–Crippen MR) is 72.3 cm³/mol. The maximum atomic E-state index is 4.37. The molecule has 0 bridgehead atoms. The summed E-state index contributed by atoms with van der Waals surface area (Å²) >= 11 is 1.81. The Balaban J connectivity index is 1.85. The van der Waals surface area contributed by atoms with E-state index in [1.54, 1.807) is 11.3 Å². The highest BCUT2D eigenvalue weighted by molar-refractivity contribution is 7.11. The monoisotopic (exact) mass is 253 g/mol. The summed E-state index contributed by atoms with van der Waals surface area (Å²) in [5.41, 5.74) is 0. The van der Waals surface area contributed by atoms with E-state index in [0.717, 1.165) is 24.0 Å². The molecule has 3 nitrogen and oxygen atoms in total. The third kappa shape index (κ3) is 3.75. The number of rotatable bonds is 5. The molecule has 0 aromatic carbocycles. The standard InChI is InChI=1S/C13H23N3S/c1-3-8-14-9-12-15-16-13(17-12)11-6-4-10(2)5-7-11/h10-11,14H,3-9H2,1-2H3. The average Bonchev–Trinajstić information content (AvgIpc) is 2.79. The first-order valence-electron chi connectivity index (χ1n) is 6.82. The molecule has 96 valence electrons. The lowest BCUT2D eigenvalue weighted by atomic mass is 9.83. The summed E-state index contributed by atoms with van der Waals surface area (Å²) in [5, 5.41) is 14.5. The van der Waals surface area contributed by atoms with E-state index in [2.05, 4.69) is 29.4 Å². The minimum Gasteiger partial charge on any atom is -0.310 e. The fraction of sp³-hybridized carbons (Fsp3) is 0.846. The van der Waals surface area contributed by atoms with Crippen LogP contribution in [0.3, 0.4) is 0 Å². The molecular weight excluding hydrogens is 230 g/mol. The molecule has 1 heterocycles. The normalized spacial score (nSPS) is 25.1. The first-order chi connectivity index (χ1) is 8.29. The van der Waals surface area contributed by atoms with E-state index in [9.17, 15) is 0 Å². The van der Waals surface area contributed by atoms with Gasteiger partial charge in [-0.1, -0.05) is 38.0 Å². The van der Waals surface area contributed by atoms with Gasteiger partial charge < -0.3 is 5.32 Å². The molecule has 0 atom stereocenters. The molecule has 1 aromatic heterocycles. The maximum Gasteiger partial charge on any atom is 0.131 e. The highest BCUT2D eigenvalue weighted by Gasteiger charge is 2.22. The van der Waals surface area contributed by atoms with Gasteiger partial charge in [-0.15, -0.1) is 10.2 Å². The molecule has 0 unspecified atom stereocenters. The van der Waals surface area contributed by atoms with Crippen molar-refractivity contribution < 1.29 is 0 Å². The first-order valence-corrected chi connectivity index (χ1v) is 7.64. The van der Waals surface area contributed by atoms with Crippen molar-refractivity contribution in [1.29, 1.82) is 0 Å². The maximum absolute atomic E-state index is 4.37. The van der Waals surface area contributed by atoms with Gasteiger partial charge in [0.2, 0.25) is 0 Å². The topological polar surface area (TPSA) is 37.8 Å². The largest absolute Gasteiger partial charge is 0.310 e. The second kappa shape index (κ2) is 6.45. The van der Waals surface area contributed by atoms with E-state index in [4.69, 9.17) is 0 Å². The molecular formula is C13H23N3S. The van der Waals surface area contributed by atoms with Gasteiger partial charge in [-0.2, -0.15) is 0 Å². The van der Waals surface area contributed by atoms with E-state index >= 15 is 0 Å². The van der Waals surface area contributed by atoms with Crippen LogP contribution in [0.25, 0.3) is 0 Å². The second-order valence-electron chi connectivity index (χ2n) is 5.17. The molecule has 0 aliphatic heterocycles. The van der Waals surface area contributed by atoms with Crippen molar-refractivity contribution in [1.82, 2.24) is 15.5 Å². The molecule has 0 amide bonds. The highest BCUT2D eigenvalue weighted by Crippen LogP contribution is 2.36. The fourth-order valence-corrected chi connectivity index (χ4v) is 3.36. The Kier molecular flexibility index (Phi) is 4.92. The van der Waals surface area contributed by atoms with Gasteiger partial charge in [0.25, 0.3) is 0 Å². The molecule has 0 saturated heterocycles. The zero-order valence-corrected chi connectivity index (χ0v) is 11.7. The third-order valence-electron chi connectivity index (χ3n) is 3.55. The number of aromatic nitrogens is 2. The summed E-state index contributed by atoms with van der Waals surface area (Å²) in [5.74, 6) is 1.59. The van der Waals surface area contributed by atoms with Gasteiger partial charge in [-0.05, 0) is 31.7 Å². The lowest BCUT2D eigenvalue weighted by Crippen LogP contribution is -2.13. The van der Waals surface area contributed by atoms with Crippen molar-refractivity contribution in [3.05, 3.63) is 10.0 Å². The minimum absolute atomic E-state index is 0.684. The predicted octanol–water partition coefficient (Wildman–Crippen LogP) is 3.33. The van der Waals surface area contributed by atoms with Crippen LogP contribution in [0.2, 0.25) is 0 Å². The molecule has 4 heteroatoms. The highest BCUT2D eigenvalue weighted by atomic mass is 32.1. The minimum atomic E-state index is 0.684. The van der Waals surface area contributed by atoms with Crippen LogP contribution in [0, 0.1) is 5.92 Å². The lowest BCUT2D eigenvalue weighted by Gasteiger charge is -2.23. The van der Waals surface area contributed by atoms with Crippen LogP contribution in [0.15, 0.2) is 0 Å². The Morgan fingerprint density at radius 2 is 2.00 bits per heavy atom. The average molecular weight is 253 g/mol. The van der Waals surface area contributed by atoms with E-state index in [-0.39, 0.29) is 0 Å². The Morgan fingerprint density at radius 1 is 1.24 bits per heavy atom. The van der Waals surface area contributed by atoms with Gasteiger partial charge in [0.05, 0.1) is 0 Å². The summed E-state index contributed by atoms with van der Waals surface area (Å²) in [6.07, 6.45) is 6.49. The van der Waals surface area contributed by atoms with Crippen molar-refractivity contribution >= 4 is 11.3 Å². The fourth-order valence-electron chi connectivity index (χ4n) is 2.38. The van der Waals surface area contributed by atoms with Gasteiger partial charge in [-0.3, -0.25) is 0 Å². The Morgan fingerprint density at radius 3 is 2.71 bits per heavy atom. The van der Waals surface area contributed by atoms with Crippen molar-refractivity contribution in [3.8, 4) is 0 Å². The Hall–Kier alpha value is -0.480. The number of hydrogen-bond acceptors (Lipinski definition) is 4. The summed E-state index contributed by atoms with van der Waals surface area (Å²) < 4.78 is 0. The molecule has 1 aromatic rings. The molecule has 0 spiro atoms. The molecule has 1 aliphatic carbocycles. The zero-order valence-electron chi connectivity index (χ0n) is 10.9. The van der Waals surface area contributed by atoms with Crippen LogP contribution in [0.5, 0.6) is 0 Å². The molecule has 1 N–H and O–H groups in total. The van der Waals surface area contributed by atoms with Crippen molar-refractivity contribution in [2.45, 2.75) is 58.4 Å². The van der Waals surface area contributed by atoms with E-state index in [0.29, 0.717) is 5.92 Å². The number of nitrogens with zero attached hydrogens (tertiary/aromatic N) is 2. The first kappa shape index (κ1) is 13.0. The van der Waals surface area contributed by atoms with Crippen LogP contribution in [-0.4, -0.2) is 16.7 Å². The van der Waals surface area contributed by atoms with Crippen molar-refractivity contribution in [2.75, 3.05) is 6.54 Å². The van der Waals surface area contributed by atoms with E-state index in [1.165, 1.54) is 37.1 Å². The number of nitrogens with one attached hydrogen (secondary N) is 1. The summed E-state index contributed by atoms with van der Waals surface area (Å²) in [4.78, 5) is 0. The zero-order chi connectivity index (χ0) is 12.1. The summed E-state index contributed by atoms with van der Waals surface area (Å²) in [6.45, 7) is 6.49. The Bertz CT molecular complexity index is 329.